The van der Waals surface area contributed by atoms with Crippen LogP contribution in [0.2, 0.25) is 0 Å². The van der Waals surface area contributed by atoms with E-state index in [1.54, 1.807) is 30.3 Å². The van der Waals surface area contributed by atoms with Crippen molar-refractivity contribution in [3.05, 3.63) is 48.5 Å². The van der Waals surface area contributed by atoms with Crippen LogP contribution in [0.25, 0.3) is 0 Å². The number of nitrogens with one attached hydrogen (secondary N) is 2. The molecule has 2 amide bonds. The summed E-state index contributed by atoms with van der Waals surface area (Å²) in [6.45, 7) is 0.724. The van der Waals surface area contributed by atoms with Crippen LogP contribution in [0.15, 0.2) is 53.4 Å². The third kappa shape index (κ3) is 6.43. The molecule has 0 atom stereocenters. The Morgan fingerprint density at radius 1 is 1.03 bits per heavy atom. The average molecular weight is 448 g/mol. The fourth-order valence-corrected chi connectivity index (χ4v) is 3.95. The van der Waals surface area contributed by atoms with Gasteiger partial charge in [0, 0.05) is 38.2 Å². The van der Waals surface area contributed by atoms with Crippen LogP contribution in [0.1, 0.15) is 12.8 Å². The third-order valence-electron chi connectivity index (χ3n) is 4.52. The Kier molecular flexibility index (Phi) is 7.48. The Bertz CT molecular complexity index is 1030. The number of hydrogen-bond donors (Lipinski definition) is 2. The molecule has 1 heterocycles. The van der Waals surface area contributed by atoms with E-state index in [2.05, 4.69) is 10.0 Å². The smallest absolute Gasteiger partial charge is 0.243 e. The molecule has 0 radical (unpaired) electrons. The number of nitrogens with zero attached hydrogens (tertiary/aromatic N) is 1. The first-order valence-corrected chi connectivity index (χ1v) is 11.3. The lowest BCUT2D eigenvalue weighted by molar-refractivity contribution is -0.133. The number of para-hydroxylation sites is 1. The first kappa shape index (κ1) is 22.6. The van der Waals surface area contributed by atoms with Crippen molar-refractivity contribution in [3.63, 3.8) is 0 Å². The van der Waals surface area contributed by atoms with Crippen LogP contribution in [0.5, 0.6) is 11.5 Å². The molecule has 0 spiro atoms. The number of sulfonamides is 1. The standard InChI is InChI=1S/C21H25N3O6S/c1-24(15-20(25)23-16-6-3-2-4-7-16)21(26)10-11-22-31(27,28)17-8-9-18-19(14-17)30-13-5-12-29-18/h2-4,6-9,14,22H,5,10-13,15H2,1H3,(H,23,25). The summed E-state index contributed by atoms with van der Waals surface area (Å²) >= 11 is 0. The van der Waals surface area contributed by atoms with Gasteiger partial charge in [-0.2, -0.15) is 0 Å². The first-order valence-electron chi connectivity index (χ1n) is 9.83. The maximum atomic E-state index is 12.5. The number of carbonyl (C=O) groups is 2. The zero-order chi connectivity index (χ0) is 22.3. The lowest BCUT2D eigenvalue weighted by atomic mass is 10.3. The molecule has 1 aliphatic heterocycles. The summed E-state index contributed by atoms with van der Waals surface area (Å²) in [5.74, 6) is 0.182. The van der Waals surface area contributed by atoms with Crippen molar-refractivity contribution in [1.29, 1.82) is 0 Å². The maximum Gasteiger partial charge on any atom is 0.243 e. The molecule has 9 nitrogen and oxygen atoms in total. The average Bonchev–Trinajstić information content (AvgIpc) is 2.99. The van der Waals surface area contributed by atoms with Gasteiger partial charge in [0.15, 0.2) is 11.5 Å². The number of rotatable bonds is 8. The van der Waals surface area contributed by atoms with Gasteiger partial charge in [0.1, 0.15) is 0 Å². The van der Waals surface area contributed by atoms with Crippen molar-refractivity contribution in [2.75, 3.05) is 38.7 Å². The van der Waals surface area contributed by atoms with E-state index in [0.717, 1.165) is 0 Å². The molecule has 0 fully saturated rings. The Morgan fingerprint density at radius 2 is 1.74 bits per heavy atom. The number of hydrogen-bond acceptors (Lipinski definition) is 6. The minimum Gasteiger partial charge on any atom is -0.490 e. The molecule has 0 saturated carbocycles. The van der Waals surface area contributed by atoms with Crippen LogP contribution in [-0.4, -0.2) is 58.5 Å². The van der Waals surface area contributed by atoms with Crippen molar-refractivity contribution in [2.24, 2.45) is 0 Å². The minimum absolute atomic E-state index is 0.0276. The first-order chi connectivity index (χ1) is 14.8. The molecule has 31 heavy (non-hydrogen) atoms. The Labute approximate surface area is 181 Å². The van der Waals surface area contributed by atoms with Gasteiger partial charge in [-0.05, 0) is 24.3 Å². The summed E-state index contributed by atoms with van der Waals surface area (Å²) < 4.78 is 38.5. The highest BCUT2D eigenvalue weighted by Gasteiger charge is 2.20. The van der Waals surface area contributed by atoms with Crippen molar-refractivity contribution < 1.29 is 27.5 Å². The number of likely N-dealkylation sites (N-methyl/N-ethyl adjacent to an activating group) is 1. The summed E-state index contributed by atoms with van der Waals surface area (Å²) in [6.07, 6.45) is 0.632. The van der Waals surface area contributed by atoms with E-state index >= 15 is 0 Å². The van der Waals surface area contributed by atoms with Gasteiger partial charge in [0.2, 0.25) is 21.8 Å². The Morgan fingerprint density at radius 3 is 2.48 bits per heavy atom. The van der Waals surface area contributed by atoms with Crippen LogP contribution in [0.4, 0.5) is 5.69 Å². The van der Waals surface area contributed by atoms with Gasteiger partial charge in [0.05, 0.1) is 24.7 Å². The van der Waals surface area contributed by atoms with Gasteiger partial charge in [-0.25, -0.2) is 13.1 Å². The Balaban J connectivity index is 1.48. The summed E-state index contributed by atoms with van der Waals surface area (Å²) in [5, 5.41) is 2.69. The second-order valence-corrected chi connectivity index (χ2v) is 8.74. The lowest BCUT2D eigenvalue weighted by Gasteiger charge is -2.17. The number of fused-ring (bicyclic) bond motifs is 1. The second-order valence-electron chi connectivity index (χ2n) is 6.97. The van der Waals surface area contributed by atoms with E-state index in [-0.39, 0.29) is 36.2 Å². The lowest BCUT2D eigenvalue weighted by Crippen LogP contribution is -2.37. The van der Waals surface area contributed by atoms with Crippen LogP contribution >= 0.6 is 0 Å². The highest BCUT2D eigenvalue weighted by Crippen LogP contribution is 2.31. The van der Waals surface area contributed by atoms with Crippen molar-refractivity contribution in [2.45, 2.75) is 17.7 Å². The predicted molar refractivity (Wildman–Crippen MR) is 115 cm³/mol. The zero-order valence-corrected chi connectivity index (χ0v) is 18.0. The number of carbonyl (C=O) groups excluding carboxylic acids is 2. The normalized spacial score (nSPS) is 13.2. The molecule has 0 bridgehead atoms. The molecule has 2 aromatic carbocycles. The van der Waals surface area contributed by atoms with Gasteiger partial charge in [-0.3, -0.25) is 9.59 Å². The van der Waals surface area contributed by atoms with E-state index in [1.165, 1.54) is 24.1 Å². The highest BCUT2D eigenvalue weighted by molar-refractivity contribution is 7.89. The van der Waals surface area contributed by atoms with Crippen LogP contribution < -0.4 is 19.5 Å². The monoisotopic (exact) mass is 447 g/mol. The van der Waals surface area contributed by atoms with E-state index in [4.69, 9.17) is 9.47 Å². The van der Waals surface area contributed by atoms with Crippen LogP contribution in [0.3, 0.4) is 0 Å². The van der Waals surface area contributed by atoms with Gasteiger partial charge >= 0.3 is 0 Å². The summed E-state index contributed by atoms with van der Waals surface area (Å²) in [4.78, 5) is 25.6. The maximum absolute atomic E-state index is 12.5. The van der Waals surface area contributed by atoms with Gasteiger partial charge in [-0.15, -0.1) is 0 Å². The van der Waals surface area contributed by atoms with E-state index in [9.17, 15) is 18.0 Å². The largest absolute Gasteiger partial charge is 0.490 e. The second kappa shape index (κ2) is 10.3. The molecule has 166 valence electrons. The molecule has 2 aromatic rings. The van der Waals surface area contributed by atoms with Crippen LogP contribution in [0, 0.1) is 0 Å². The summed E-state index contributed by atoms with van der Waals surface area (Å²) in [6, 6.07) is 13.3. The number of amides is 2. The third-order valence-corrected chi connectivity index (χ3v) is 5.98. The quantitative estimate of drug-likeness (QED) is 0.636. The summed E-state index contributed by atoms with van der Waals surface area (Å²) in [7, 11) is -2.34. The zero-order valence-electron chi connectivity index (χ0n) is 17.2. The fraction of sp³-hybridized carbons (Fsp3) is 0.333. The molecule has 0 unspecified atom stereocenters. The molecule has 0 saturated heterocycles. The van der Waals surface area contributed by atoms with Crippen molar-refractivity contribution >= 4 is 27.5 Å². The van der Waals surface area contributed by atoms with Crippen LogP contribution in [-0.2, 0) is 19.6 Å². The van der Waals surface area contributed by atoms with Gasteiger partial charge < -0.3 is 19.7 Å². The number of ether oxygens (including phenoxy) is 2. The predicted octanol–water partition coefficient (Wildman–Crippen LogP) is 1.61. The molecule has 10 heteroatoms. The fourth-order valence-electron chi connectivity index (χ4n) is 2.90. The van der Waals surface area contributed by atoms with Gasteiger partial charge in [0.25, 0.3) is 0 Å². The highest BCUT2D eigenvalue weighted by atomic mass is 32.2. The number of anilines is 1. The molecule has 3 rings (SSSR count). The molecule has 2 N–H and O–H groups in total. The molecular formula is C21H25N3O6S. The van der Waals surface area contributed by atoms with Crippen molar-refractivity contribution in [1.82, 2.24) is 9.62 Å². The molecule has 1 aliphatic rings. The molecule has 0 aliphatic carbocycles. The minimum atomic E-state index is -3.83. The molecule has 0 aromatic heterocycles. The summed E-state index contributed by atoms with van der Waals surface area (Å²) in [5.41, 5.74) is 0.635. The SMILES string of the molecule is CN(CC(=O)Nc1ccccc1)C(=O)CCNS(=O)(=O)c1ccc2c(c1)OCCCO2. The molecular weight excluding hydrogens is 422 g/mol. The van der Waals surface area contributed by atoms with E-state index in [1.807, 2.05) is 6.07 Å². The topological polar surface area (TPSA) is 114 Å². The Hall–Kier alpha value is -3.11. The van der Waals surface area contributed by atoms with E-state index in [0.29, 0.717) is 36.8 Å². The van der Waals surface area contributed by atoms with Gasteiger partial charge in [-0.1, -0.05) is 18.2 Å². The van der Waals surface area contributed by atoms with E-state index < -0.39 is 10.0 Å². The van der Waals surface area contributed by atoms with Crippen molar-refractivity contribution in [3.8, 4) is 11.5 Å². The number of benzene rings is 2.